The average molecular weight is 518 g/mol. The molecule has 5 rings (SSSR count). The fourth-order valence-electron chi connectivity index (χ4n) is 5.54. The lowest BCUT2D eigenvalue weighted by molar-refractivity contribution is -0.141. The summed E-state index contributed by atoms with van der Waals surface area (Å²) in [5.41, 5.74) is 2.48. The molecule has 0 saturated heterocycles. The van der Waals surface area contributed by atoms with Crippen molar-refractivity contribution in [2.75, 3.05) is 11.4 Å². The highest BCUT2D eigenvalue weighted by Crippen LogP contribution is 2.37. The summed E-state index contributed by atoms with van der Waals surface area (Å²) in [6, 6.07) is 18.6. The van der Waals surface area contributed by atoms with E-state index in [-0.39, 0.29) is 30.2 Å². The lowest BCUT2D eigenvalue weighted by Crippen LogP contribution is -2.49. The summed E-state index contributed by atoms with van der Waals surface area (Å²) < 4.78 is 0. The minimum Gasteiger partial charge on any atom is -0.352 e. The maximum Gasteiger partial charge on any atom is 0.258 e. The Kier molecular flexibility index (Phi) is 7.47. The third-order valence-corrected chi connectivity index (χ3v) is 7.77. The molecule has 2 aliphatic rings. The van der Waals surface area contributed by atoms with E-state index in [0.717, 1.165) is 47.7 Å². The molecule has 3 amide bonds. The number of anilines is 1. The van der Waals surface area contributed by atoms with Gasteiger partial charge < -0.3 is 15.1 Å². The second-order valence-electron chi connectivity index (χ2n) is 10.1. The van der Waals surface area contributed by atoms with Gasteiger partial charge in [0.2, 0.25) is 11.8 Å². The number of hydrogen-bond donors (Lipinski definition) is 1. The molecule has 1 heterocycles. The van der Waals surface area contributed by atoms with Crippen molar-refractivity contribution in [1.82, 2.24) is 10.2 Å². The third-order valence-electron chi connectivity index (χ3n) is 7.53. The predicted molar refractivity (Wildman–Crippen MR) is 147 cm³/mol. The first kappa shape index (κ1) is 25.3. The van der Waals surface area contributed by atoms with E-state index < -0.39 is 6.04 Å². The second-order valence-corrected chi connectivity index (χ2v) is 10.5. The van der Waals surface area contributed by atoms with Gasteiger partial charge in [0.15, 0.2) is 0 Å². The first-order valence-electron chi connectivity index (χ1n) is 13.1. The Bertz CT molecular complexity index is 1330. The van der Waals surface area contributed by atoms with E-state index in [2.05, 4.69) is 5.32 Å². The fourth-order valence-corrected chi connectivity index (χ4v) is 5.75. The lowest BCUT2D eigenvalue weighted by atomic mass is 10.1. The molecule has 0 radical (unpaired) electrons. The van der Waals surface area contributed by atoms with Crippen molar-refractivity contribution >= 4 is 45.8 Å². The van der Waals surface area contributed by atoms with Crippen molar-refractivity contribution in [2.24, 2.45) is 0 Å². The Balaban J connectivity index is 1.27. The van der Waals surface area contributed by atoms with Crippen molar-refractivity contribution < 1.29 is 14.4 Å². The molecule has 0 bridgehead atoms. The Morgan fingerprint density at radius 3 is 2.57 bits per heavy atom. The molecule has 1 aliphatic heterocycles. The molecule has 1 saturated carbocycles. The van der Waals surface area contributed by atoms with Crippen LogP contribution in [0.2, 0.25) is 5.02 Å². The largest absolute Gasteiger partial charge is 0.352 e. The van der Waals surface area contributed by atoms with Crippen LogP contribution in [0.1, 0.15) is 61.4 Å². The Morgan fingerprint density at radius 1 is 1.08 bits per heavy atom. The first-order valence-corrected chi connectivity index (χ1v) is 13.5. The molecule has 1 fully saturated rings. The molecule has 6 nitrogen and oxygen atoms in total. The molecule has 37 heavy (non-hydrogen) atoms. The number of rotatable bonds is 9. The van der Waals surface area contributed by atoms with Crippen molar-refractivity contribution in [1.29, 1.82) is 0 Å². The Morgan fingerprint density at radius 2 is 1.81 bits per heavy atom. The number of carbonyl (C=O) groups excluding carboxylic acids is 3. The number of nitrogens with zero attached hydrogens (tertiary/aromatic N) is 2. The summed E-state index contributed by atoms with van der Waals surface area (Å²) in [6.45, 7) is 2.52. The van der Waals surface area contributed by atoms with Crippen molar-refractivity contribution in [3.8, 4) is 0 Å². The van der Waals surface area contributed by atoms with Gasteiger partial charge in [0.25, 0.3) is 5.91 Å². The van der Waals surface area contributed by atoms with Crippen LogP contribution in [0.25, 0.3) is 10.8 Å². The highest BCUT2D eigenvalue weighted by atomic mass is 35.5. The Labute approximate surface area is 222 Å². The van der Waals surface area contributed by atoms with E-state index in [4.69, 9.17) is 11.6 Å². The molecule has 3 aromatic rings. The summed E-state index contributed by atoms with van der Waals surface area (Å²) in [7, 11) is 0. The van der Waals surface area contributed by atoms with E-state index in [1.807, 2.05) is 54.6 Å². The highest BCUT2D eigenvalue weighted by molar-refractivity contribution is 6.30. The molecular weight excluding hydrogens is 486 g/mol. The van der Waals surface area contributed by atoms with Crippen LogP contribution < -0.4 is 10.2 Å². The van der Waals surface area contributed by atoms with Gasteiger partial charge >= 0.3 is 0 Å². The summed E-state index contributed by atoms with van der Waals surface area (Å²) in [4.78, 5) is 43.1. The number of benzene rings is 3. The fraction of sp³-hybridized carbons (Fsp3) is 0.367. The molecule has 1 atom stereocenters. The smallest absolute Gasteiger partial charge is 0.258 e. The number of amides is 3. The van der Waals surface area contributed by atoms with Crippen LogP contribution in [0.4, 0.5) is 5.69 Å². The third kappa shape index (κ3) is 5.35. The van der Waals surface area contributed by atoms with Gasteiger partial charge in [-0.2, -0.15) is 0 Å². The van der Waals surface area contributed by atoms with Gasteiger partial charge in [0.05, 0.1) is 5.69 Å². The zero-order valence-electron chi connectivity index (χ0n) is 21.1. The maximum absolute atomic E-state index is 13.5. The molecule has 0 spiro atoms. The van der Waals surface area contributed by atoms with E-state index >= 15 is 0 Å². The number of nitrogens with one attached hydrogen (secondary N) is 1. The lowest BCUT2D eigenvalue weighted by Gasteiger charge is -2.30. The van der Waals surface area contributed by atoms with Crippen molar-refractivity contribution in [3.63, 3.8) is 0 Å². The van der Waals surface area contributed by atoms with Crippen molar-refractivity contribution in [3.05, 3.63) is 76.8 Å². The van der Waals surface area contributed by atoms with Gasteiger partial charge in [0, 0.05) is 41.5 Å². The van der Waals surface area contributed by atoms with Crippen LogP contribution in [0.15, 0.2) is 60.7 Å². The van der Waals surface area contributed by atoms with Crippen LogP contribution >= 0.6 is 11.6 Å². The van der Waals surface area contributed by atoms with Gasteiger partial charge in [0.1, 0.15) is 6.04 Å². The van der Waals surface area contributed by atoms with Gasteiger partial charge in [-0.3, -0.25) is 14.4 Å². The highest BCUT2D eigenvalue weighted by Gasteiger charge is 2.31. The molecule has 3 aromatic carbocycles. The van der Waals surface area contributed by atoms with Gasteiger partial charge in [-0.1, -0.05) is 60.8 Å². The summed E-state index contributed by atoms with van der Waals surface area (Å²) >= 11 is 6.18. The van der Waals surface area contributed by atoms with Crippen LogP contribution in [0.5, 0.6) is 0 Å². The molecular formula is C30H32ClN3O3. The molecule has 0 unspecified atom stereocenters. The van der Waals surface area contributed by atoms with Gasteiger partial charge in [-0.15, -0.1) is 0 Å². The molecule has 1 N–H and O–H groups in total. The van der Waals surface area contributed by atoms with E-state index in [1.54, 1.807) is 22.8 Å². The van der Waals surface area contributed by atoms with Crippen LogP contribution in [-0.2, 0) is 16.1 Å². The molecule has 192 valence electrons. The topological polar surface area (TPSA) is 69.7 Å². The number of halogens is 1. The Hall–Kier alpha value is -3.38. The van der Waals surface area contributed by atoms with Crippen LogP contribution in [0.3, 0.4) is 0 Å². The monoisotopic (exact) mass is 517 g/mol. The van der Waals surface area contributed by atoms with Gasteiger partial charge in [-0.25, -0.2) is 0 Å². The maximum atomic E-state index is 13.5. The number of carbonyl (C=O) groups is 3. The second kappa shape index (κ2) is 10.9. The first-order chi connectivity index (χ1) is 17.9. The molecule has 1 aliphatic carbocycles. The van der Waals surface area contributed by atoms with E-state index in [9.17, 15) is 14.4 Å². The SMILES string of the molecule is C[C@@H](C(=O)NC1CCCC1)N(Cc1cccc(Cl)c1)C(=O)CCCN1C(=O)c2cccc3cccc1c23. The minimum absolute atomic E-state index is 0.0284. The summed E-state index contributed by atoms with van der Waals surface area (Å²) in [5.74, 6) is -0.269. The minimum atomic E-state index is -0.612. The van der Waals surface area contributed by atoms with E-state index in [1.165, 1.54) is 0 Å². The zero-order valence-corrected chi connectivity index (χ0v) is 21.8. The summed E-state index contributed by atoms with van der Waals surface area (Å²) in [6.07, 6.45) is 4.95. The standard InChI is InChI=1S/C30H32ClN3O3/c1-20(29(36)32-24-12-2-3-13-24)34(19-21-8-4-11-23(31)18-21)27(35)16-7-17-33-26-15-6-10-22-9-5-14-25(28(22)26)30(33)37/h4-6,8-11,14-15,18,20,24H,2-3,7,12-13,16-17,19H2,1H3,(H,32,36)/t20-/m0/s1. The summed E-state index contributed by atoms with van der Waals surface area (Å²) in [5, 5.41) is 5.73. The molecule has 7 heteroatoms. The van der Waals surface area contributed by atoms with Crippen LogP contribution in [-0.4, -0.2) is 41.2 Å². The van der Waals surface area contributed by atoms with Crippen molar-refractivity contribution in [2.45, 2.75) is 64.1 Å². The molecule has 0 aromatic heterocycles. The van der Waals surface area contributed by atoms with Gasteiger partial charge in [-0.05, 0) is 61.4 Å². The van der Waals surface area contributed by atoms with Crippen LogP contribution in [0, 0.1) is 0 Å². The quantitative estimate of drug-likeness (QED) is 0.395. The average Bonchev–Trinajstić information content (AvgIpc) is 3.50. The number of hydrogen-bond acceptors (Lipinski definition) is 3. The predicted octanol–water partition coefficient (Wildman–Crippen LogP) is 5.71. The zero-order chi connectivity index (χ0) is 25.9. The van der Waals surface area contributed by atoms with E-state index in [0.29, 0.717) is 30.1 Å². The normalized spacial score (nSPS) is 15.8.